The Labute approximate surface area is 106 Å². The molecule has 1 amide bonds. The molecule has 18 heavy (non-hydrogen) atoms. The second-order valence-corrected chi connectivity index (χ2v) is 5.19. The van der Waals surface area contributed by atoms with Crippen LogP contribution in [-0.4, -0.2) is 49.5 Å². The molecule has 0 aromatic carbocycles. The largest absolute Gasteiger partial charge is 0.481 e. The van der Waals surface area contributed by atoms with Gasteiger partial charge in [-0.15, -0.1) is 0 Å². The van der Waals surface area contributed by atoms with Gasteiger partial charge in [0, 0.05) is 19.1 Å². The number of carboxylic acid groups (broad SMARTS) is 1. The van der Waals surface area contributed by atoms with Gasteiger partial charge in [-0.3, -0.25) is 9.59 Å². The molecule has 2 rings (SSSR count). The highest BCUT2D eigenvalue weighted by atomic mass is 16.5. The summed E-state index contributed by atoms with van der Waals surface area (Å²) in [5.74, 6) is -1.09. The van der Waals surface area contributed by atoms with Crippen LogP contribution < -0.4 is 5.32 Å². The summed E-state index contributed by atoms with van der Waals surface area (Å²) < 4.78 is 10.4. The van der Waals surface area contributed by atoms with E-state index < -0.39 is 17.4 Å². The molecule has 0 spiro atoms. The molecule has 2 heterocycles. The number of hydrogen-bond acceptors (Lipinski definition) is 4. The lowest BCUT2D eigenvalue weighted by Gasteiger charge is -2.28. The molecule has 2 fully saturated rings. The van der Waals surface area contributed by atoms with E-state index in [-0.39, 0.29) is 25.0 Å². The number of aliphatic carboxylic acids is 1. The maximum atomic E-state index is 12.0. The molecule has 0 aromatic heterocycles. The van der Waals surface area contributed by atoms with Crippen molar-refractivity contribution in [3.63, 3.8) is 0 Å². The lowest BCUT2D eigenvalue weighted by molar-refractivity contribution is -0.149. The van der Waals surface area contributed by atoms with Gasteiger partial charge in [-0.05, 0) is 19.8 Å². The van der Waals surface area contributed by atoms with Gasteiger partial charge in [0.2, 0.25) is 5.91 Å². The van der Waals surface area contributed by atoms with Crippen LogP contribution in [0.4, 0.5) is 0 Å². The molecule has 2 aliphatic heterocycles. The fourth-order valence-corrected chi connectivity index (χ4v) is 2.33. The minimum atomic E-state index is -1.03. The van der Waals surface area contributed by atoms with Crippen LogP contribution in [-0.2, 0) is 19.1 Å². The lowest BCUT2D eigenvalue weighted by Crippen LogP contribution is -2.51. The Balaban J connectivity index is 1.95. The SMILES string of the molecule is CC1(C(=O)O)COCC1NC(=O)C1CCOCC1. The van der Waals surface area contributed by atoms with Gasteiger partial charge in [-0.1, -0.05) is 0 Å². The molecule has 102 valence electrons. The second kappa shape index (κ2) is 5.24. The quantitative estimate of drug-likeness (QED) is 0.744. The molecule has 0 aromatic rings. The molecule has 2 aliphatic rings. The Morgan fingerprint density at radius 3 is 2.56 bits per heavy atom. The first-order valence-electron chi connectivity index (χ1n) is 6.23. The maximum absolute atomic E-state index is 12.0. The number of carboxylic acids is 1. The molecule has 0 radical (unpaired) electrons. The third-order valence-electron chi connectivity index (χ3n) is 3.85. The molecule has 0 aliphatic carbocycles. The zero-order valence-electron chi connectivity index (χ0n) is 10.5. The highest BCUT2D eigenvalue weighted by Gasteiger charge is 2.47. The highest BCUT2D eigenvalue weighted by molar-refractivity contribution is 5.81. The molecule has 2 saturated heterocycles. The van der Waals surface area contributed by atoms with E-state index in [0.717, 1.165) is 0 Å². The van der Waals surface area contributed by atoms with Crippen molar-refractivity contribution in [2.45, 2.75) is 25.8 Å². The van der Waals surface area contributed by atoms with Crippen molar-refractivity contribution in [3.05, 3.63) is 0 Å². The summed E-state index contributed by atoms with van der Waals surface area (Å²) in [6.07, 6.45) is 1.40. The fourth-order valence-electron chi connectivity index (χ4n) is 2.33. The van der Waals surface area contributed by atoms with Crippen LogP contribution >= 0.6 is 0 Å². The zero-order valence-corrected chi connectivity index (χ0v) is 10.5. The summed E-state index contributed by atoms with van der Waals surface area (Å²) in [6, 6.07) is -0.453. The van der Waals surface area contributed by atoms with Gasteiger partial charge < -0.3 is 19.9 Å². The molecule has 0 saturated carbocycles. The number of carbonyl (C=O) groups excluding carboxylic acids is 1. The first kappa shape index (κ1) is 13.3. The van der Waals surface area contributed by atoms with Crippen molar-refractivity contribution in [2.75, 3.05) is 26.4 Å². The van der Waals surface area contributed by atoms with E-state index in [1.165, 1.54) is 0 Å². The van der Waals surface area contributed by atoms with Gasteiger partial charge in [0.25, 0.3) is 0 Å². The van der Waals surface area contributed by atoms with Gasteiger partial charge in [-0.25, -0.2) is 0 Å². The Bertz CT molecular complexity index is 339. The van der Waals surface area contributed by atoms with E-state index in [1.807, 2.05) is 0 Å². The van der Waals surface area contributed by atoms with Gasteiger partial charge in [0.1, 0.15) is 5.41 Å². The van der Waals surface area contributed by atoms with Crippen LogP contribution in [0, 0.1) is 11.3 Å². The average Bonchev–Trinajstić information content (AvgIpc) is 2.73. The van der Waals surface area contributed by atoms with Crippen molar-refractivity contribution >= 4 is 11.9 Å². The molecule has 2 atom stereocenters. The smallest absolute Gasteiger partial charge is 0.313 e. The predicted molar refractivity (Wildman–Crippen MR) is 62.0 cm³/mol. The monoisotopic (exact) mass is 257 g/mol. The van der Waals surface area contributed by atoms with E-state index in [2.05, 4.69) is 5.32 Å². The average molecular weight is 257 g/mol. The minimum absolute atomic E-state index is 0.0719. The van der Waals surface area contributed by atoms with Gasteiger partial charge in [0.15, 0.2) is 0 Å². The predicted octanol–water partition coefficient (Wildman–Crippen LogP) is 0.0189. The molecule has 2 unspecified atom stereocenters. The summed E-state index contributed by atoms with van der Waals surface area (Å²) in [5.41, 5.74) is -1.03. The Hall–Kier alpha value is -1.14. The van der Waals surface area contributed by atoms with E-state index in [9.17, 15) is 14.7 Å². The van der Waals surface area contributed by atoms with Gasteiger partial charge >= 0.3 is 5.97 Å². The van der Waals surface area contributed by atoms with Crippen LogP contribution in [0.1, 0.15) is 19.8 Å². The minimum Gasteiger partial charge on any atom is -0.481 e. The van der Waals surface area contributed by atoms with E-state index in [1.54, 1.807) is 6.92 Å². The van der Waals surface area contributed by atoms with Crippen LogP contribution in [0.25, 0.3) is 0 Å². The summed E-state index contributed by atoms with van der Waals surface area (Å²) in [6.45, 7) is 3.20. The fraction of sp³-hybridized carbons (Fsp3) is 0.833. The number of ether oxygens (including phenoxy) is 2. The molecule has 0 bridgehead atoms. The van der Waals surface area contributed by atoms with Gasteiger partial charge in [0.05, 0.1) is 19.3 Å². The molecule has 6 nitrogen and oxygen atoms in total. The van der Waals surface area contributed by atoms with Crippen LogP contribution in [0.2, 0.25) is 0 Å². The molecule has 6 heteroatoms. The summed E-state index contributed by atoms with van der Waals surface area (Å²) in [5, 5.41) is 12.0. The van der Waals surface area contributed by atoms with Crippen molar-refractivity contribution < 1.29 is 24.2 Å². The van der Waals surface area contributed by atoms with Crippen molar-refractivity contribution in [1.29, 1.82) is 0 Å². The normalized spacial score (nSPS) is 33.3. The summed E-state index contributed by atoms with van der Waals surface area (Å²) >= 11 is 0. The maximum Gasteiger partial charge on any atom is 0.313 e. The Morgan fingerprint density at radius 2 is 1.94 bits per heavy atom. The molecular formula is C12H19NO5. The first-order chi connectivity index (χ1) is 8.54. The first-order valence-corrected chi connectivity index (χ1v) is 6.23. The topological polar surface area (TPSA) is 84.9 Å². The van der Waals surface area contributed by atoms with Crippen LogP contribution in [0.3, 0.4) is 0 Å². The third-order valence-corrected chi connectivity index (χ3v) is 3.85. The Morgan fingerprint density at radius 1 is 1.28 bits per heavy atom. The third kappa shape index (κ3) is 2.49. The van der Waals surface area contributed by atoms with E-state index in [0.29, 0.717) is 26.1 Å². The number of amides is 1. The van der Waals surface area contributed by atoms with E-state index >= 15 is 0 Å². The number of hydrogen-bond donors (Lipinski definition) is 2. The van der Waals surface area contributed by atoms with Crippen LogP contribution in [0.15, 0.2) is 0 Å². The molecule has 2 N–H and O–H groups in total. The Kier molecular flexibility index (Phi) is 3.87. The molecular weight excluding hydrogens is 238 g/mol. The number of nitrogens with one attached hydrogen (secondary N) is 1. The van der Waals surface area contributed by atoms with Crippen molar-refractivity contribution in [3.8, 4) is 0 Å². The standard InChI is InChI=1S/C12H19NO5/c1-12(11(15)16)7-18-6-9(12)13-10(14)8-2-4-17-5-3-8/h8-9H,2-7H2,1H3,(H,13,14)(H,15,16). The number of carbonyl (C=O) groups is 2. The summed E-state index contributed by atoms with van der Waals surface area (Å²) in [4.78, 5) is 23.3. The second-order valence-electron chi connectivity index (χ2n) is 5.19. The number of rotatable bonds is 3. The van der Waals surface area contributed by atoms with Crippen molar-refractivity contribution in [2.24, 2.45) is 11.3 Å². The highest BCUT2D eigenvalue weighted by Crippen LogP contribution is 2.29. The van der Waals surface area contributed by atoms with Gasteiger partial charge in [-0.2, -0.15) is 0 Å². The van der Waals surface area contributed by atoms with Crippen LogP contribution in [0.5, 0.6) is 0 Å². The van der Waals surface area contributed by atoms with E-state index in [4.69, 9.17) is 9.47 Å². The summed E-state index contributed by atoms with van der Waals surface area (Å²) in [7, 11) is 0. The lowest BCUT2D eigenvalue weighted by atomic mass is 9.85. The zero-order chi connectivity index (χ0) is 13.2. The van der Waals surface area contributed by atoms with Crippen molar-refractivity contribution in [1.82, 2.24) is 5.32 Å².